The molecular formula is C13H18BrN3O. The second-order valence-corrected chi connectivity index (χ2v) is 5.68. The molecule has 1 aliphatic rings. The minimum Gasteiger partial charge on any atom is -0.324 e. The van der Waals surface area contributed by atoms with Crippen LogP contribution in [0, 0.1) is 0 Å². The van der Waals surface area contributed by atoms with Gasteiger partial charge in [-0.1, -0.05) is 15.9 Å². The van der Waals surface area contributed by atoms with Crippen LogP contribution in [-0.2, 0) is 4.79 Å². The van der Waals surface area contributed by atoms with Crippen molar-refractivity contribution in [3.63, 3.8) is 0 Å². The van der Waals surface area contributed by atoms with Gasteiger partial charge in [0.05, 0.1) is 0 Å². The third-order valence-corrected chi connectivity index (χ3v) is 3.47. The van der Waals surface area contributed by atoms with Crippen molar-refractivity contribution < 1.29 is 4.79 Å². The van der Waals surface area contributed by atoms with Crippen LogP contribution in [0.4, 0.5) is 5.69 Å². The number of carbonyl (C=O) groups is 1. The third kappa shape index (κ3) is 3.10. The van der Waals surface area contributed by atoms with E-state index in [1.807, 2.05) is 18.2 Å². The number of rotatable bonds is 5. The highest BCUT2D eigenvalue weighted by Gasteiger charge is 2.29. The highest BCUT2D eigenvalue weighted by Crippen LogP contribution is 2.32. The molecule has 18 heavy (non-hydrogen) atoms. The summed E-state index contributed by atoms with van der Waals surface area (Å²) < 4.78 is 0.998. The normalized spacial score (nSPS) is 18.0. The number of hydrogen-bond donors (Lipinski definition) is 2. The summed E-state index contributed by atoms with van der Waals surface area (Å²) in [6.07, 6.45) is 1.03. The van der Waals surface area contributed by atoms with Crippen molar-refractivity contribution >= 4 is 27.5 Å². The molecule has 2 rings (SSSR count). The average Bonchev–Trinajstić information content (AvgIpc) is 2.60. The summed E-state index contributed by atoms with van der Waals surface area (Å²) >= 11 is 3.44. The Labute approximate surface area is 116 Å². The fourth-order valence-corrected chi connectivity index (χ4v) is 2.46. The Balaban J connectivity index is 1.97. The van der Waals surface area contributed by atoms with Crippen LogP contribution >= 0.6 is 15.9 Å². The summed E-state index contributed by atoms with van der Waals surface area (Å²) in [6, 6.07) is 5.64. The van der Waals surface area contributed by atoms with E-state index in [2.05, 4.69) is 45.6 Å². The van der Waals surface area contributed by atoms with Gasteiger partial charge in [0, 0.05) is 15.7 Å². The lowest BCUT2D eigenvalue weighted by molar-refractivity contribution is -0.117. The van der Waals surface area contributed by atoms with Gasteiger partial charge in [0.2, 0.25) is 5.91 Å². The van der Waals surface area contributed by atoms with E-state index in [9.17, 15) is 4.79 Å². The van der Waals surface area contributed by atoms with Crippen LogP contribution in [0.25, 0.3) is 0 Å². The second-order valence-electron chi connectivity index (χ2n) is 4.76. The first-order chi connectivity index (χ1) is 8.58. The predicted octanol–water partition coefficient (Wildman–Crippen LogP) is 1.98. The number of fused-ring (bicyclic) bond motifs is 1. The molecule has 5 heteroatoms. The molecule has 1 heterocycles. The van der Waals surface area contributed by atoms with E-state index in [4.69, 9.17) is 0 Å². The predicted molar refractivity (Wildman–Crippen MR) is 76.7 cm³/mol. The first-order valence-electron chi connectivity index (χ1n) is 6.06. The van der Waals surface area contributed by atoms with Gasteiger partial charge in [-0.3, -0.25) is 4.79 Å². The van der Waals surface area contributed by atoms with Gasteiger partial charge in [0.25, 0.3) is 0 Å². The molecule has 2 N–H and O–H groups in total. The zero-order chi connectivity index (χ0) is 13.1. The summed E-state index contributed by atoms with van der Waals surface area (Å²) in [5, 5.41) is 6.20. The van der Waals surface area contributed by atoms with Crippen molar-refractivity contribution in [2.45, 2.75) is 12.5 Å². The lowest BCUT2D eigenvalue weighted by Gasteiger charge is -2.13. The maximum atomic E-state index is 11.9. The highest BCUT2D eigenvalue weighted by atomic mass is 79.9. The minimum absolute atomic E-state index is 0.0351. The molecule has 0 fully saturated rings. The second kappa shape index (κ2) is 5.82. The topological polar surface area (TPSA) is 44.4 Å². The molecule has 0 saturated carbocycles. The highest BCUT2D eigenvalue weighted by molar-refractivity contribution is 9.10. The fraction of sp³-hybridized carbons (Fsp3) is 0.462. The molecule has 0 aromatic heterocycles. The number of nitrogens with one attached hydrogen (secondary N) is 2. The molecule has 98 valence electrons. The SMILES string of the molecule is CN(C)CCCNC1C(=O)Nc2ccc(Br)cc21. The van der Waals surface area contributed by atoms with E-state index in [1.54, 1.807) is 0 Å². The number of nitrogens with zero attached hydrogens (tertiary/aromatic N) is 1. The van der Waals surface area contributed by atoms with E-state index in [0.717, 1.165) is 35.2 Å². The van der Waals surface area contributed by atoms with Gasteiger partial charge < -0.3 is 15.5 Å². The van der Waals surface area contributed by atoms with Crippen molar-refractivity contribution in [2.24, 2.45) is 0 Å². The number of benzene rings is 1. The van der Waals surface area contributed by atoms with E-state index in [-0.39, 0.29) is 11.9 Å². The Morgan fingerprint density at radius 1 is 1.44 bits per heavy atom. The maximum Gasteiger partial charge on any atom is 0.246 e. The van der Waals surface area contributed by atoms with E-state index in [1.165, 1.54) is 0 Å². The van der Waals surface area contributed by atoms with Crippen LogP contribution in [0.2, 0.25) is 0 Å². The quantitative estimate of drug-likeness (QED) is 0.817. The van der Waals surface area contributed by atoms with Gasteiger partial charge in [0.1, 0.15) is 6.04 Å². The average molecular weight is 312 g/mol. The van der Waals surface area contributed by atoms with Crippen molar-refractivity contribution in [3.05, 3.63) is 28.2 Å². The molecule has 1 amide bonds. The molecule has 0 aliphatic carbocycles. The molecule has 0 saturated heterocycles. The first-order valence-corrected chi connectivity index (χ1v) is 6.85. The van der Waals surface area contributed by atoms with Crippen LogP contribution in [0.3, 0.4) is 0 Å². The Hall–Kier alpha value is -0.910. The molecule has 1 atom stereocenters. The largest absolute Gasteiger partial charge is 0.324 e. The van der Waals surface area contributed by atoms with Crippen LogP contribution in [0.15, 0.2) is 22.7 Å². The van der Waals surface area contributed by atoms with Gasteiger partial charge >= 0.3 is 0 Å². The molecule has 1 aromatic rings. The number of anilines is 1. The molecule has 1 aromatic carbocycles. The Kier molecular flexibility index (Phi) is 4.37. The lowest BCUT2D eigenvalue weighted by atomic mass is 10.1. The van der Waals surface area contributed by atoms with Crippen LogP contribution in [0.5, 0.6) is 0 Å². The Morgan fingerprint density at radius 3 is 2.94 bits per heavy atom. The Bertz CT molecular complexity index is 448. The summed E-state index contributed by atoms with van der Waals surface area (Å²) in [5.41, 5.74) is 1.94. The molecule has 1 unspecified atom stereocenters. The zero-order valence-electron chi connectivity index (χ0n) is 10.7. The molecule has 0 spiro atoms. The summed E-state index contributed by atoms with van der Waals surface area (Å²) in [5.74, 6) is 0.0351. The maximum absolute atomic E-state index is 11.9. The summed E-state index contributed by atoms with van der Waals surface area (Å²) in [6.45, 7) is 1.86. The van der Waals surface area contributed by atoms with Gasteiger partial charge in [-0.15, -0.1) is 0 Å². The van der Waals surface area contributed by atoms with Crippen LogP contribution in [-0.4, -0.2) is 38.0 Å². The van der Waals surface area contributed by atoms with Crippen LogP contribution in [0.1, 0.15) is 18.0 Å². The van der Waals surface area contributed by atoms with Gasteiger partial charge in [-0.25, -0.2) is 0 Å². The number of hydrogen-bond acceptors (Lipinski definition) is 3. The number of halogens is 1. The molecular weight excluding hydrogens is 294 g/mol. The minimum atomic E-state index is -0.223. The zero-order valence-corrected chi connectivity index (χ0v) is 12.3. The van der Waals surface area contributed by atoms with Gasteiger partial charge in [-0.2, -0.15) is 0 Å². The van der Waals surface area contributed by atoms with Crippen molar-refractivity contribution in [1.29, 1.82) is 0 Å². The van der Waals surface area contributed by atoms with Gasteiger partial charge in [-0.05, 0) is 51.8 Å². The number of amides is 1. The Morgan fingerprint density at radius 2 is 2.22 bits per heavy atom. The third-order valence-electron chi connectivity index (χ3n) is 2.98. The van der Waals surface area contributed by atoms with Crippen molar-refractivity contribution in [3.8, 4) is 0 Å². The number of carbonyl (C=O) groups excluding carboxylic acids is 1. The summed E-state index contributed by atoms with van der Waals surface area (Å²) in [4.78, 5) is 14.0. The first kappa shape index (κ1) is 13.5. The van der Waals surface area contributed by atoms with Crippen molar-refractivity contribution in [2.75, 3.05) is 32.5 Å². The molecule has 4 nitrogen and oxygen atoms in total. The smallest absolute Gasteiger partial charge is 0.246 e. The molecule has 0 radical (unpaired) electrons. The molecule has 1 aliphatic heterocycles. The fourth-order valence-electron chi connectivity index (χ4n) is 2.08. The van der Waals surface area contributed by atoms with E-state index < -0.39 is 0 Å². The van der Waals surface area contributed by atoms with Gasteiger partial charge in [0.15, 0.2) is 0 Å². The monoisotopic (exact) mass is 311 g/mol. The lowest BCUT2D eigenvalue weighted by Crippen LogP contribution is -2.29. The molecule has 0 bridgehead atoms. The van der Waals surface area contributed by atoms with Crippen LogP contribution < -0.4 is 10.6 Å². The van der Waals surface area contributed by atoms with E-state index in [0.29, 0.717) is 0 Å². The summed E-state index contributed by atoms with van der Waals surface area (Å²) in [7, 11) is 4.10. The van der Waals surface area contributed by atoms with E-state index >= 15 is 0 Å². The van der Waals surface area contributed by atoms with Crippen molar-refractivity contribution in [1.82, 2.24) is 10.2 Å². The standard InChI is InChI=1S/C13H18BrN3O/c1-17(2)7-3-6-15-12-10-8-9(14)4-5-11(10)16-13(12)18/h4-5,8,12,15H,3,6-7H2,1-2H3,(H,16,18).